The zero-order chi connectivity index (χ0) is 21.0. The van der Waals surface area contributed by atoms with Gasteiger partial charge in [-0.05, 0) is 24.6 Å². The molecule has 2 aromatic rings. The average molecular weight is 409 g/mol. The fourth-order valence-corrected chi connectivity index (χ4v) is 3.69. The summed E-state index contributed by atoms with van der Waals surface area (Å²) in [5, 5.41) is 0. The number of para-hydroxylation sites is 2. The zero-order valence-electron chi connectivity index (χ0n) is 16.7. The Morgan fingerprint density at radius 2 is 1.60 bits per heavy atom. The molecular weight excluding hydrogens is 386 g/mol. The van der Waals surface area contributed by atoms with Crippen molar-refractivity contribution in [3.8, 4) is 11.5 Å². The number of hydrogen-bond acceptors (Lipinski definition) is 7. The molecule has 0 bridgehead atoms. The Labute approximate surface area is 174 Å². The minimum absolute atomic E-state index is 0.425. The Bertz CT molecular complexity index is 922. The van der Waals surface area contributed by atoms with Gasteiger partial charge in [-0.15, -0.1) is 0 Å². The van der Waals surface area contributed by atoms with Gasteiger partial charge in [-0.3, -0.25) is 0 Å². The molecule has 0 amide bonds. The van der Waals surface area contributed by atoms with Gasteiger partial charge in [0.15, 0.2) is 17.6 Å². The summed E-state index contributed by atoms with van der Waals surface area (Å²) in [4.78, 5) is 26.4. The van der Waals surface area contributed by atoms with Crippen LogP contribution < -0.4 is 9.47 Å². The van der Waals surface area contributed by atoms with E-state index in [1.54, 1.807) is 12.1 Å². The summed E-state index contributed by atoms with van der Waals surface area (Å²) in [6.45, 7) is 3.30. The van der Waals surface area contributed by atoms with Crippen LogP contribution in [0.1, 0.15) is 18.9 Å². The molecule has 0 radical (unpaired) electrons. The van der Waals surface area contributed by atoms with Crippen molar-refractivity contribution in [1.29, 1.82) is 0 Å². The van der Waals surface area contributed by atoms with E-state index < -0.39 is 24.0 Å². The van der Waals surface area contributed by atoms with Crippen molar-refractivity contribution in [3.63, 3.8) is 0 Å². The van der Waals surface area contributed by atoms with Crippen LogP contribution in [0.25, 0.3) is 0 Å². The third-order valence-corrected chi connectivity index (χ3v) is 4.99. The smallest absolute Gasteiger partial charge is 0.359 e. The molecule has 1 atom stereocenters. The van der Waals surface area contributed by atoms with E-state index in [1.165, 1.54) is 0 Å². The van der Waals surface area contributed by atoms with E-state index in [9.17, 15) is 9.59 Å². The number of rotatable bonds is 6. The van der Waals surface area contributed by atoms with Crippen molar-refractivity contribution >= 4 is 11.9 Å². The van der Waals surface area contributed by atoms with Gasteiger partial charge in [0.1, 0.15) is 0 Å². The lowest BCUT2D eigenvalue weighted by molar-refractivity contribution is -0.295. The molecule has 0 aliphatic carbocycles. The quantitative estimate of drug-likeness (QED) is 0.679. The lowest BCUT2D eigenvalue weighted by Crippen LogP contribution is -2.57. The largest absolute Gasteiger partial charge is 0.490 e. The summed E-state index contributed by atoms with van der Waals surface area (Å²) >= 11 is 0. The predicted octanol–water partition coefficient (Wildman–Crippen LogP) is 3.05. The molecule has 7 nitrogen and oxygen atoms in total. The van der Waals surface area contributed by atoms with Crippen molar-refractivity contribution in [2.24, 2.45) is 0 Å². The van der Waals surface area contributed by atoms with Crippen molar-refractivity contribution in [2.75, 3.05) is 13.2 Å². The highest BCUT2D eigenvalue weighted by molar-refractivity contribution is 5.93. The lowest BCUT2D eigenvalue weighted by Gasteiger charge is -2.38. The Hall–Kier alpha value is -3.32. The highest BCUT2D eigenvalue weighted by Crippen LogP contribution is 2.39. The SMILES string of the molecule is CCOc1ccccc1OC1CCN(Cc2ccccc2)C12OC(=O)C=CC(=O)O2. The molecule has 4 rings (SSSR count). The van der Waals surface area contributed by atoms with Gasteiger partial charge in [0.05, 0.1) is 6.61 Å². The van der Waals surface area contributed by atoms with E-state index >= 15 is 0 Å². The van der Waals surface area contributed by atoms with E-state index in [4.69, 9.17) is 18.9 Å². The Balaban J connectivity index is 1.67. The molecule has 2 aliphatic heterocycles. The van der Waals surface area contributed by atoms with Gasteiger partial charge in [-0.1, -0.05) is 42.5 Å². The first kappa shape index (κ1) is 20.0. The lowest BCUT2D eigenvalue weighted by atomic mass is 10.2. The number of likely N-dealkylation sites (tertiary alicyclic amines) is 1. The molecule has 1 fully saturated rings. The maximum atomic E-state index is 12.3. The molecule has 2 aromatic carbocycles. The molecule has 7 heteroatoms. The second-order valence-electron chi connectivity index (χ2n) is 6.99. The molecule has 1 unspecified atom stereocenters. The average Bonchev–Trinajstić information content (AvgIpc) is 2.95. The first-order valence-electron chi connectivity index (χ1n) is 9.92. The molecule has 0 aromatic heterocycles. The Morgan fingerprint density at radius 3 is 2.27 bits per heavy atom. The van der Waals surface area contributed by atoms with Crippen molar-refractivity contribution in [2.45, 2.75) is 31.9 Å². The summed E-state index contributed by atoms with van der Waals surface area (Å²) in [5.74, 6) is -1.93. The summed E-state index contributed by atoms with van der Waals surface area (Å²) in [6, 6.07) is 17.0. The van der Waals surface area contributed by atoms with E-state index in [0.717, 1.165) is 17.7 Å². The third-order valence-electron chi connectivity index (χ3n) is 4.99. The summed E-state index contributed by atoms with van der Waals surface area (Å²) in [5.41, 5.74) is 0.997. The van der Waals surface area contributed by atoms with E-state index in [-0.39, 0.29) is 0 Å². The molecule has 2 aliphatic rings. The number of benzene rings is 2. The third kappa shape index (κ3) is 4.02. The van der Waals surface area contributed by atoms with Crippen LogP contribution in [0.3, 0.4) is 0 Å². The van der Waals surface area contributed by atoms with Crippen molar-refractivity contribution in [3.05, 3.63) is 72.3 Å². The Kier molecular flexibility index (Phi) is 5.72. The number of nitrogens with zero attached hydrogens (tertiary/aromatic N) is 1. The predicted molar refractivity (Wildman–Crippen MR) is 108 cm³/mol. The molecule has 30 heavy (non-hydrogen) atoms. The van der Waals surface area contributed by atoms with Crippen LogP contribution in [0.15, 0.2) is 66.7 Å². The van der Waals surface area contributed by atoms with Crippen LogP contribution in [-0.4, -0.2) is 42.0 Å². The molecular formula is C23H23NO6. The number of ether oxygens (including phenoxy) is 4. The monoisotopic (exact) mass is 409 g/mol. The number of carbonyl (C=O) groups excluding carboxylic acids is 2. The fraction of sp³-hybridized carbons (Fsp3) is 0.304. The standard InChI is InChI=1S/C23H23NO6/c1-2-27-18-10-6-7-11-19(18)28-20-14-15-24(16-17-8-4-3-5-9-17)23(20)29-21(25)12-13-22(26)30-23/h3-13,20H,2,14-16H2,1H3. The molecule has 1 saturated heterocycles. The van der Waals surface area contributed by atoms with Crippen LogP contribution in [0, 0.1) is 0 Å². The highest BCUT2D eigenvalue weighted by atomic mass is 16.8. The first-order valence-corrected chi connectivity index (χ1v) is 9.92. The second kappa shape index (κ2) is 8.59. The maximum absolute atomic E-state index is 12.3. The van der Waals surface area contributed by atoms with Crippen LogP contribution in [0.2, 0.25) is 0 Å². The summed E-state index contributed by atoms with van der Waals surface area (Å²) in [6.07, 6.45) is 1.91. The molecule has 1 spiro atoms. The zero-order valence-corrected chi connectivity index (χ0v) is 16.7. The van der Waals surface area contributed by atoms with Crippen molar-refractivity contribution < 1.29 is 28.5 Å². The highest BCUT2D eigenvalue weighted by Gasteiger charge is 2.58. The van der Waals surface area contributed by atoms with E-state index in [0.29, 0.717) is 37.6 Å². The Morgan fingerprint density at radius 1 is 0.967 bits per heavy atom. The van der Waals surface area contributed by atoms with Gasteiger partial charge >= 0.3 is 17.8 Å². The van der Waals surface area contributed by atoms with Crippen LogP contribution in [0.5, 0.6) is 11.5 Å². The number of hydrogen-bond donors (Lipinski definition) is 0. The van der Waals surface area contributed by atoms with Crippen LogP contribution >= 0.6 is 0 Å². The van der Waals surface area contributed by atoms with Gasteiger partial charge in [0.25, 0.3) is 0 Å². The number of carbonyl (C=O) groups is 2. The van der Waals surface area contributed by atoms with E-state index in [1.807, 2.05) is 54.3 Å². The minimum atomic E-state index is -1.67. The maximum Gasteiger partial charge on any atom is 0.359 e. The summed E-state index contributed by atoms with van der Waals surface area (Å²) < 4.78 is 23.3. The fourth-order valence-electron chi connectivity index (χ4n) is 3.69. The van der Waals surface area contributed by atoms with Crippen LogP contribution in [0.4, 0.5) is 0 Å². The normalized spacial score (nSPS) is 20.5. The van der Waals surface area contributed by atoms with Gasteiger partial charge < -0.3 is 18.9 Å². The topological polar surface area (TPSA) is 74.3 Å². The molecule has 156 valence electrons. The molecule has 2 heterocycles. The van der Waals surface area contributed by atoms with Gasteiger partial charge in [-0.25, -0.2) is 14.5 Å². The molecule has 0 saturated carbocycles. The number of esters is 2. The second-order valence-corrected chi connectivity index (χ2v) is 6.99. The summed E-state index contributed by atoms with van der Waals surface area (Å²) in [7, 11) is 0. The van der Waals surface area contributed by atoms with Gasteiger partial charge in [0.2, 0.25) is 0 Å². The van der Waals surface area contributed by atoms with E-state index in [2.05, 4.69) is 0 Å². The van der Waals surface area contributed by atoms with Crippen LogP contribution in [-0.2, 0) is 25.6 Å². The van der Waals surface area contributed by atoms with Gasteiger partial charge in [0, 0.05) is 31.7 Å². The van der Waals surface area contributed by atoms with Crippen molar-refractivity contribution in [1.82, 2.24) is 4.90 Å². The minimum Gasteiger partial charge on any atom is -0.490 e. The molecule has 0 N–H and O–H groups in total. The first-order chi connectivity index (χ1) is 14.6. The van der Waals surface area contributed by atoms with Gasteiger partial charge in [-0.2, -0.15) is 0 Å².